The predicted molar refractivity (Wildman–Crippen MR) is 150 cm³/mol. The highest BCUT2D eigenvalue weighted by molar-refractivity contribution is 8.26. The van der Waals surface area contributed by atoms with Gasteiger partial charge in [-0.15, -0.1) is 0 Å². The summed E-state index contributed by atoms with van der Waals surface area (Å²) in [5.74, 6) is -0.686. The number of hydrogen-bond acceptors (Lipinski definition) is 9. The average Bonchev–Trinajstić information content (AvgIpc) is 3.73. The van der Waals surface area contributed by atoms with E-state index in [0.717, 1.165) is 20.0 Å². The molecule has 10 nitrogen and oxygen atoms in total. The van der Waals surface area contributed by atoms with Crippen LogP contribution in [0.4, 0.5) is 0 Å². The van der Waals surface area contributed by atoms with Gasteiger partial charge in [-0.3, -0.25) is 19.3 Å². The summed E-state index contributed by atoms with van der Waals surface area (Å²) in [5, 5.41) is 11.8. The fraction of sp³-hybridized carbons (Fsp3) is 0.393. The van der Waals surface area contributed by atoms with Gasteiger partial charge in [-0.05, 0) is 61.4 Å². The third-order valence-electron chi connectivity index (χ3n) is 7.69. The number of rotatable bonds is 9. The Kier molecular flexibility index (Phi) is 7.99. The van der Waals surface area contributed by atoms with Crippen molar-refractivity contribution in [2.24, 2.45) is 11.8 Å². The first-order valence-corrected chi connectivity index (χ1v) is 14.1. The average molecular weight is 585 g/mol. The van der Waals surface area contributed by atoms with E-state index in [-0.39, 0.29) is 23.3 Å². The number of thioether (sulfide) groups is 1. The maximum absolute atomic E-state index is 13.3. The summed E-state index contributed by atoms with van der Waals surface area (Å²) in [5.41, 5.74) is 0.584. The van der Waals surface area contributed by atoms with Crippen molar-refractivity contribution in [2.45, 2.75) is 44.2 Å². The molecule has 3 aliphatic rings. The number of thiocarbonyl (C=S) groups is 1. The van der Waals surface area contributed by atoms with E-state index in [1.165, 1.54) is 37.8 Å². The van der Waals surface area contributed by atoms with E-state index in [2.05, 4.69) is 10.1 Å². The van der Waals surface area contributed by atoms with Crippen LogP contribution in [0.5, 0.6) is 5.75 Å². The smallest absolute Gasteiger partial charge is 0.326 e. The molecule has 2 aliphatic carbocycles. The summed E-state index contributed by atoms with van der Waals surface area (Å²) in [6, 6.07) is 6.88. The predicted octanol–water partition coefficient (Wildman–Crippen LogP) is 4.09. The highest BCUT2D eigenvalue weighted by atomic mass is 32.2. The summed E-state index contributed by atoms with van der Waals surface area (Å²) in [6.45, 7) is 0. The van der Waals surface area contributed by atoms with Crippen LogP contribution < -0.4 is 10.1 Å². The summed E-state index contributed by atoms with van der Waals surface area (Å²) < 4.78 is 16.4. The zero-order valence-electron chi connectivity index (χ0n) is 21.9. The van der Waals surface area contributed by atoms with Gasteiger partial charge in [-0.1, -0.05) is 30.4 Å². The van der Waals surface area contributed by atoms with Gasteiger partial charge in [0.25, 0.3) is 11.8 Å². The van der Waals surface area contributed by atoms with Crippen molar-refractivity contribution in [2.75, 3.05) is 14.2 Å². The molecule has 2 heterocycles. The van der Waals surface area contributed by atoms with Crippen LogP contribution in [0, 0.1) is 11.8 Å². The van der Waals surface area contributed by atoms with E-state index in [1.54, 1.807) is 35.2 Å². The number of aliphatic carboxylic acids is 1. The summed E-state index contributed by atoms with van der Waals surface area (Å²) in [6.07, 6.45) is 5.72. The Morgan fingerprint density at radius 2 is 2.02 bits per heavy atom. The molecule has 210 valence electrons. The molecule has 1 aromatic carbocycles. The van der Waals surface area contributed by atoms with Crippen molar-refractivity contribution >= 4 is 58.1 Å². The van der Waals surface area contributed by atoms with E-state index < -0.39 is 30.3 Å². The molecular formula is C28H28N2O8S2. The molecule has 2 amide bonds. The number of fused-ring (bicyclic) bond motifs is 2. The number of carboxylic acid groups (broad SMARTS) is 1. The first kappa shape index (κ1) is 27.9. The highest BCUT2D eigenvalue weighted by Crippen LogP contribution is 2.49. The molecule has 0 spiro atoms. The van der Waals surface area contributed by atoms with E-state index in [4.69, 9.17) is 21.4 Å². The maximum Gasteiger partial charge on any atom is 0.326 e. The molecule has 2 bridgehead atoms. The van der Waals surface area contributed by atoms with Crippen molar-refractivity contribution in [1.29, 1.82) is 0 Å². The lowest BCUT2D eigenvalue weighted by Gasteiger charge is -2.30. The lowest BCUT2D eigenvalue weighted by molar-refractivity contribution is -0.147. The van der Waals surface area contributed by atoms with Crippen molar-refractivity contribution in [3.05, 3.63) is 46.6 Å². The van der Waals surface area contributed by atoms with Crippen molar-refractivity contribution < 1.29 is 38.2 Å². The Labute approximate surface area is 240 Å². The second-order valence-corrected chi connectivity index (χ2v) is 11.7. The van der Waals surface area contributed by atoms with E-state index in [1.807, 2.05) is 0 Å². The first-order chi connectivity index (χ1) is 19.2. The van der Waals surface area contributed by atoms with Crippen LogP contribution >= 0.6 is 24.0 Å². The molecule has 1 aliphatic heterocycles. The molecule has 4 unspecified atom stereocenters. The normalized spacial score (nSPS) is 23.5. The summed E-state index contributed by atoms with van der Waals surface area (Å²) >= 11 is 6.85. The molecule has 2 aromatic rings. The Hall–Kier alpha value is -3.64. The fourth-order valence-electron chi connectivity index (χ4n) is 5.73. The number of methoxy groups -OCH3 is 2. The largest absolute Gasteiger partial charge is 0.496 e. The fourth-order valence-corrected chi connectivity index (χ4v) is 7.09. The van der Waals surface area contributed by atoms with Gasteiger partial charge in [0.2, 0.25) is 0 Å². The minimum atomic E-state index is -1.48. The van der Waals surface area contributed by atoms with Gasteiger partial charge in [0.1, 0.15) is 27.6 Å². The monoisotopic (exact) mass is 584 g/mol. The number of hydrogen-bond donors (Lipinski definition) is 2. The Bertz CT molecular complexity index is 1420. The van der Waals surface area contributed by atoms with Gasteiger partial charge in [0, 0.05) is 17.7 Å². The van der Waals surface area contributed by atoms with Crippen LogP contribution in [0.25, 0.3) is 17.4 Å². The van der Waals surface area contributed by atoms with Crippen LogP contribution in [-0.4, -0.2) is 64.4 Å². The molecule has 2 N–H and O–H groups in total. The van der Waals surface area contributed by atoms with Crippen molar-refractivity contribution in [1.82, 2.24) is 10.2 Å². The number of carboxylic acids is 1. The SMILES string of the molecule is COC(=O)CC(NC(=O)c1cc(-c2ccc(/C=C3\SC(=S)N(C4CC5CCC4C5)C3=O)o2)ccc1OC)C(=O)O. The number of ether oxygens (including phenoxy) is 2. The van der Waals surface area contributed by atoms with E-state index in [9.17, 15) is 24.3 Å². The molecule has 5 rings (SSSR count). The molecule has 1 aromatic heterocycles. The number of carbonyl (C=O) groups excluding carboxylic acids is 3. The lowest BCUT2D eigenvalue weighted by atomic mass is 9.94. The summed E-state index contributed by atoms with van der Waals surface area (Å²) in [4.78, 5) is 51.7. The minimum Gasteiger partial charge on any atom is -0.496 e. The van der Waals surface area contributed by atoms with Gasteiger partial charge >= 0.3 is 11.9 Å². The van der Waals surface area contributed by atoms with Gasteiger partial charge in [0.05, 0.1) is 31.1 Å². The first-order valence-electron chi connectivity index (χ1n) is 12.8. The number of carbonyl (C=O) groups is 4. The molecular weight excluding hydrogens is 556 g/mol. The van der Waals surface area contributed by atoms with Crippen molar-refractivity contribution in [3.63, 3.8) is 0 Å². The molecule has 0 radical (unpaired) electrons. The third-order valence-corrected chi connectivity index (χ3v) is 9.02. The second-order valence-electron chi connectivity index (χ2n) is 10.1. The van der Waals surface area contributed by atoms with Gasteiger partial charge in [-0.2, -0.15) is 0 Å². The molecule has 1 saturated heterocycles. The Balaban J connectivity index is 1.34. The Morgan fingerprint density at radius 1 is 1.23 bits per heavy atom. The molecule has 4 atom stereocenters. The number of nitrogens with zero attached hydrogens (tertiary/aromatic N) is 1. The number of benzene rings is 1. The number of nitrogens with one attached hydrogen (secondary N) is 1. The van der Waals surface area contributed by atoms with Gasteiger partial charge in [-0.25, -0.2) is 4.79 Å². The maximum atomic E-state index is 13.3. The molecule has 2 saturated carbocycles. The van der Waals surface area contributed by atoms with Crippen LogP contribution in [0.1, 0.15) is 48.2 Å². The zero-order valence-corrected chi connectivity index (χ0v) is 23.5. The quantitative estimate of drug-likeness (QED) is 0.252. The number of amides is 2. The van der Waals surface area contributed by atoms with Gasteiger partial charge in [0.15, 0.2) is 0 Å². The topological polar surface area (TPSA) is 135 Å². The zero-order chi connectivity index (χ0) is 28.6. The van der Waals surface area contributed by atoms with Crippen LogP contribution in [0.2, 0.25) is 0 Å². The van der Waals surface area contributed by atoms with Crippen LogP contribution in [0.3, 0.4) is 0 Å². The number of furan rings is 1. The van der Waals surface area contributed by atoms with E-state index in [0.29, 0.717) is 38.1 Å². The van der Waals surface area contributed by atoms with Crippen LogP contribution in [-0.2, 0) is 19.1 Å². The molecule has 40 heavy (non-hydrogen) atoms. The van der Waals surface area contributed by atoms with E-state index >= 15 is 0 Å². The van der Waals surface area contributed by atoms with Crippen molar-refractivity contribution in [3.8, 4) is 17.1 Å². The second kappa shape index (κ2) is 11.5. The third kappa shape index (κ3) is 5.50. The number of esters is 1. The lowest BCUT2D eigenvalue weighted by Crippen LogP contribution is -2.42. The standard InChI is InChI=1S/C28H28N2O8S2/c1-36-22-7-5-16(11-18(22)25(32)29-19(27(34)35)13-24(31)37-2)21-8-6-17(38-21)12-23-26(33)30(28(39)40-23)20-10-14-3-4-15(20)9-14/h5-8,11-12,14-15,19-20H,3-4,9-10,13H2,1-2H3,(H,29,32)(H,34,35)/b23-12-. The molecule has 12 heteroatoms. The summed E-state index contributed by atoms with van der Waals surface area (Å²) in [7, 11) is 2.51. The molecule has 3 fully saturated rings. The Morgan fingerprint density at radius 3 is 2.67 bits per heavy atom. The highest BCUT2D eigenvalue weighted by Gasteiger charge is 2.48. The van der Waals surface area contributed by atoms with Crippen LogP contribution in [0.15, 0.2) is 39.7 Å². The minimum absolute atomic E-state index is 0.0563. The van der Waals surface area contributed by atoms with Gasteiger partial charge < -0.3 is 24.3 Å².